The third kappa shape index (κ3) is 5.79. The highest BCUT2D eigenvalue weighted by molar-refractivity contribution is 5.95. The molecule has 2 amide bonds. The summed E-state index contributed by atoms with van der Waals surface area (Å²) in [6.07, 6.45) is 2.79. The molecule has 2 aromatic rings. The van der Waals surface area contributed by atoms with Crippen molar-refractivity contribution in [3.05, 3.63) is 69.8 Å². The first-order valence-corrected chi connectivity index (χ1v) is 11.6. The van der Waals surface area contributed by atoms with E-state index < -0.39 is 0 Å². The number of hydrogen-bond acceptors (Lipinski definition) is 2. The van der Waals surface area contributed by atoms with Crippen LogP contribution in [0.15, 0.2) is 36.4 Å². The van der Waals surface area contributed by atoms with E-state index in [2.05, 4.69) is 45.3 Å². The molecule has 32 heavy (non-hydrogen) atoms. The molecule has 1 fully saturated rings. The molecule has 3 rings (SSSR count). The zero-order valence-electron chi connectivity index (χ0n) is 20.7. The number of hydrogen-bond donors (Lipinski definition) is 2. The van der Waals surface area contributed by atoms with Crippen LogP contribution in [0.2, 0.25) is 0 Å². The Balaban J connectivity index is 1.68. The van der Waals surface area contributed by atoms with Gasteiger partial charge in [-0.15, -0.1) is 0 Å². The Kier molecular flexibility index (Phi) is 6.83. The van der Waals surface area contributed by atoms with E-state index in [1.54, 1.807) is 0 Å². The summed E-state index contributed by atoms with van der Waals surface area (Å²) in [7, 11) is 0. The van der Waals surface area contributed by atoms with E-state index in [1.807, 2.05) is 50.2 Å². The van der Waals surface area contributed by atoms with Crippen molar-refractivity contribution in [3.63, 3.8) is 0 Å². The van der Waals surface area contributed by atoms with Crippen LogP contribution in [0.25, 0.3) is 0 Å². The molecular weight excluding hydrogens is 396 g/mol. The van der Waals surface area contributed by atoms with Gasteiger partial charge in [0.1, 0.15) is 0 Å². The molecule has 0 aromatic heterocycles. The van der Waals surface area contributed by atoms with Gasteiger partial charge in [0.2, 0.25) is 0 Å². The number of nitrogens with one attached hydrogen (secondary N) is 2. The third-order valence-corrected chi connectivity index (χ3v) is 6.99. The first-order chi connectivity index (χ1) is 14.9. The number of benzene rings is 2. The van der Waals surface area contributed by atoms with E-state index in [9.17, 15) is 9.59 Å². The van der Waals surface area contributed by atoms with Gasteiger partial charge < -0.3 is 10.6 Å². The summed E-state index contributed by atoms with van der Waals surface area (Å²) >= 11 is 0. The first kappa shape index (κ1) is 24.0. The van der Waals surface area contributed by atoms with Crippen LogP contribution in [0.3, 0.4) is 0 Å². The summed E-state index contributed by atoms with van der Waals surface area (Å²) in [6, 6.07) is 11.8. The molecule has 2 atom stereocenters. The summed E-state index contributed by atoms with van der Waals surface area (Å²) in [5, 5.41) is 6.44. The fourth-order valence-electron chi connectivity index (χ4n) is 5.30. The summed E-state index contributed by atoms with van der Waals surface area (Å²) in [4.78, 5) is 25.7. The van der Waals surface area contributed by atoms with E-state index in [0.717, 1.165) is 30.4 Å². The maximum Gasteiger partial charge on any atom is 0.251 e. The molecule has 2 aromatic carbocycles. The number of rotatable bonds is 5. The zero-order valence-corrected chi connectivity index (χ0v) is 20.7. The fraction of sp³-hybridized carbons (Fsp3) is 0.500. The van der Waals surface area contributed by atoms with Gasteiger partial charge in [-0.1, -0.05) is 32.9 Å². The van der Waals surface area contributed by atoms with Gasteiger partial charge in [0.15, 0.2) is 0 Å². The third-order valence-electron chi connectivity index (χ3n) is 6.99. The smallest absolute Gasteiger partial charge is 0.251 e. The Labute approximate surface area is 193 Å². The second-order valence-corrected chi connectivity index (χ2v) is 11.0. The van der Waals surface area contributed by atoms with E-state index in [4.69, 9.17) is 0 Å². The fourth-order valence-corrected chi connectivity index (χ4v) is 5.30. The molecule has 0 spiro atoms. The van der Waals surface area contributed by atoms with Crippen LogP contribution in [-0.4, -0.2) is 24.4 Å². The summed E-state index contributed by atoms with van der Waals surface area (Å²) < 4.78 is 0. The van der Waals surface area contributed by atoms with Gasteiger partial charge in [-0.25, -0.2) is 0 Å². The van der Waals surface area contributed by atoms with Gasteiger partial charge in [-0.3, -0.25) is 9.59 Å². The lowest BCUT2D eigenvalue weighted by Crippen LogP contribution is -2.50. The molecule has 172 valence electrons. The van der Waals surface area contributed by atoms with E-state index >= 15 is 0 Å². The quantitative estimate of drug-likeness (QED) is 0.637. The molecule has 0 aliphatic heterocycles. The molecule has 0 saturated heterocycles. The van der Waals surface area contributed by atoms with Crippen molar-refractivity contribution in [2.24, 2.45) is 10.8 Å². The molecule has 0 bridgehead atoms. The number of carbonyl (C=O) groups excluding carboxylic acids is 2. The van der Waals surface area contributed by atoms with Gasteiger partial charge in [-0.05, 0) is 104 Å². The van der Waals surface area contributed by atoms with Crippen LogP contribution in [-0.2, 0) is 0 Å². The lowest BCUT2D eigenvalue weighted by atomic mass is 9.62. The highest BCUT2D eigenvalue weighted by Gasteiger charge is 2.42. The molecule has 0 unspecified atom stereocenters. The average molecular weight is 435 g/mol. The normalized spacial score (nSPS) is 22.3. The van der Waals surface area contributed by atoms with E-state index in [-0.39, 0.29) is 28.7 Å². The van der Waals surface area contributed by atoms with E-state index in [1.165, 1.54) is 11.1 Å². The Morgan fingerprint density at radius 1 is 0.812 bits per heavy atom. The summed E-state index contributed by atoms with van der Waals surface area (Å²) in [6.45, 7) is 15.5. The molecule has 4 heteroatoms. The molecule has 4 nitrogen and oxygen atoms in total. The number of carbonyl (C=O) groups is 2. The molecule has 0 radical (unpaired) electrons. The van der Waals surface area contributed by atoms with Crippen molar-refractivity contribution in [2.45, 2.75) is 73.8 Å². The Hall–Kier alpha value is -2.62. The minimum absolute atomic E-state index is 0.0164. The molecular formula is C28H38N2O2. The van der Waals surface area contributed by atoms with Crippen molar-refractivity contribution in [2.75, 3.05) is 6.54 Å². The Morgan fingerprint density at radius 3 is 1.88 bits per heavy atom. The van der Waals surface area contributed by atoms with Crippen LogP contribution in [0, 0.1) is 38.5 Å². The first-order valence-electron chi connectivity index (χ1n) is 11.6. The van der Waals surface area contributed by atoms with Crippen LogP contribution >= 0.6 is 0 Å². The minimum atomic E-state index is -0.0850. The summed E-state index contributed by atoms with van der Waals surface area (Å²) in [5.41, 5.74) is 6.03. The lowest BCUT2D eigenvalue weighted by Gasteiger charge is -2.47. The van der Waals surface area contributed by atoms with Gasteiger partial charge in [0.25, 0.3) is 11.8 Å². The molecule has 0 heterocycles. The van der Waals surface area contributed by atoms with Crippen LogP contribution in [0.5, 0.6) is 0 Å². The predicted octanol–water partition coefficient (Wildman–Crippen LogP) is 5.67. The maximum absolute atomic E-state index is 12.9. The van der Waals surface area contributed by atoms with Crippen molar-refractivity contribution in [1.82, 2.24) is 10.6 Å². The van der Waals surface area contributed by atoms with Gasteiger partial charge in [0.05, 0.1) is 0 Å². The minimum Gasteiger partial charge on any atom is -0.351 e. The molecule has 1 saturated carbocycles. The van der Waals surface area contributed by atoms with Crippen LogP contribution in [0.4, 0.5) is 0 Å². The van der Waals surface area contributed by atoms with Gasteiger partial charge in [0, 0.05) is 23.7 Å². The van der Waals surface area contributed by atoms with Crippen molar-refractivity contribution >= 4 is 11.8 Å². The predicted molar refractivity (Wildman–Crippen MR) is 131 cm³/mol. The zero-order chi connectivity index (χ0) is 23.7. The molecule has 2 N–H and O–H groups in total. The Morgan fingerprint density at radius 2 is 1.34 bits per heavy atom. The number of aryl methyl sites for hydroxylation is 4. The maximum atomic E-state index is 12.9. The topological polar surface area (TPSA) is 58.2 Å². The van der Waals surface area contributed by atoms with Gasteiger partial charge >= 0.3 is 0 Å². The Bertz CT molecular complexity index is 1020. The SMILES string of the molecule is Cc1ccc(C(=O)NC[C@]2(C)C[C@H](NC(=O)c3ccc(C)c(C)c3)CC(C)(C)C2)cc1C. The summed E-state index contributed by atoms with van der Waals surface area (Å²) in [5.74, 6) is -0.0502. The largest absolute Gasteiger partial charge is 0.351 e. The van der Waals surface area contributed by atoms with Crippen LogP contribution in [0.1, 0.15) is 83.0 Å². The lowest BCUT2D eigenvalue weighted by molar-refractivity contribution is 0.0592. The second-order valence-electron chi connectivity index (χ2n) is 11.0. The van der Waals surface area contributed by atoms with Crippen molar-refractivity contribution < 1.29 is 9.59 Å². The van der Waals surface area contributed by atoms with Crippen molar-refractivity contribution in [1.29, 1.82) is 0 Å². The monoisotopic (exact) mass is 434 g/mol. The van der Waals surface area contributed by atoms with Crippen LogP contribution < -0.4 is 10.6 Å². The van der Waals surface area contributed by atoms with E-state index in [0.29, 0.717) is 17.7 Å². The standard InChI is InChI=1S/C28H38N2O2/c1-18-8-10-22(12-20(18)3)25(31)29-17-28(7)15-24(14-27(5,6)16-28)30-26(32)23-11-9-19(2)21(4)13-23/h8-13,24H,14-17H2,1-7H3,(H,29,31)(H,30,32)/t24-,28-/m1/s1. The average Bonchev–Trinajstić information content (AvgIpc) is 2.68. The molecule has 1 aliphatic rings. The second kappa shape index (κ2) is 9.09. The van der Waals surface area contributed by atoms with Crippen molar-refractivity contribution in [3.8, 4) is 0 Å². The number of amides is 2. The highest BCUT2D eigenvalue weighted by Crippen LogP contribution is 2.45. The van der Waals surface area contributed by atoms with Gasteiger partial charge in [-0.2, -0.15) is 0 Å². The highest BCUT2D eigenvalue weighted by atomic mass is 16.2. The molecule has 1 aliphatic carbocycles.